The molecule has 5 aromatic heterocycles. The molecule has 14 heteroatoms. The van der Waals surface area contributed by atoms with Crippen LogP contribution in [0.2, 0.25) is 0 Å². The Balaban J connectivity index is 1.57. The largest absolute Gasteiger partial charge is 0.368 e. The van der Waals surface area contributed by atoms with E-state index in [4.69, 9.17) is 10.7 Å². The van der Waals surface area contributed by atoms with Crippen LogP contribution in [0, 0.1) is 11.3 Å². The molecule has 14 nitrogen and oxygen atoms in total. The van der Waals surface area contributed by atoms with Gasteiger partial charge in [-0.1, -0.05) is 18.2 Å². The number of rotatable bonds is 5. The van der Waals surface area contributed by atoms with Gasteiger partial charge in [-0.15, -0.1) is 10.2 Å². The summed E-state index contributed by atoms with van der Waals surface area (Å²) in [6.45, 7) is 0.108. The van der Waals surface area contributed by atoms with Gasteiger partial charge in [-0.3, -0.25) is 9.78 Å². The summed E-state index contributed by atoms with van der Waals surface area (Å²) in [5.41, 5.74) is 9.67. The molecule has 0 atom stereocenters. The van der Waals surface area contributed by atoms with Crippen molar-refractivity contribution >= 4 is 11.6 Å². The van der Waals surface area contributed by atoms with Crippen LogP contribution in [0.25, 0.3) is 39.5 Å². The zero-order chi connectivity index (χ0) is 26.2. The summed E-state index contributed by atoms with van der Waals surface area (Å²) in [4.78, 5) is 29.8. The molecule has 0 aliphatic carbocycles. The van der Waals surface area contributed by atoms with Crippen molar-refractivity contribution in [2.45, 2.75) is 6.54 Å². The highest BCUT2D eigenvalue weighted by molar-refractivity contribution is 5.91. The summed E-state index contributed by atoms with van der Waals surface area (Å²) < 4.78 is 4.37. The second-order valence-electron chi connectivity index (χ2n) is 8.23. The predicted molar refractivity (Wildman–Crippen MR) is 134 cm³/mol. The molecule has 0 fully saturated rings. The lowest BCUT2D eigenvalue weighted by molar-refractivity contribution is 0.627. The van der Waals surface area contributed by atoms with Gasteiger partial charge in [0.1, 0.15) is 12.2 Å². The number of nitrogens with two attached hydrogens (primary N) is 1. The van der Waals surface area contributed by atoms with Crippen LogP contribution in [0.3, 0.4) is 0 Å². The minimum Gasteiger partial charge on any atom is -0.368 e. The van der Waals surface area contributed by atoms with E-state index < -0.39 is 0 Å². The third-order valence-electron chi connectivity index (χ3n) is 5.85. The first-order valence-corrected chi connectivity index (χ1v) is 11.3. The molecule has 0 amide bonds. The lowest BCUT2D eigenvalue weighted by Gasteiger charge is -2.13. The van der Waals surface area contributed by atoms with Gasteiger partial charge in [0.15, 0.2) is 11.5 Å². The van der Waals surface area contributed by atoms with Crippen molar-refractivity contribution in [2.24, 2.45) is 7.05 Å². The fraction of sp³-hybridized carbons (Fsp3) is 0.0833. The van der Waals surface area contributed by atoms with E-state index in [1.165, 1.54) is 19.8 Å². The maximum absolute atomic E-state index is 12.1. The van der Waals surface area contributed by atoms with Crippen LogP contribution >= 0.6 is 0 Å². The number of nitrogen functional groups attached to an aromatic ring is 1. The highest BCUT2D eigenvalue weighted by atomic mass is 16.1. The van der Waals surface area contributed by atoms with E-state index in [0.29, 0.717) is 50.9 Å². The van der Waals surface area contributed by atoms with E-state index in [9.17, 15) is 10.1 Å². The molecule has 0 aliphatic rings. The van der Waals surface area contributed by atoms with E-state index in [2.05, 4.69) is 41.6 Å². The Labute approximate surface area is 213 Å². The lowest BCUT2D eigenvalue weighted by Crippen LogP contribution is -2.14. The Morgan fingerprint density at radius 2 is 1.97 bits per heavy atom. The molecule has 6 aromatic rings. The first kappa shape index (κ1) is 22.6. The number of tetrazole rings is 1. The van der Waals surface area contributed by atoms with Crippen LogP contribution in [0.4, 0.5) is 5.95 Å². The van der Waals surface area contributed by atoms with Gasteiger partial charge in [0.25, 0.3) is 0 Å². The Kier molecular flexibility index (Phi) is 5.35. The number of aromatic nitrogens is 11. The molecule has 5 heterocycles. The average Bonchev–Trinajstić information content (AvgIpc) is 3.58. The number of anilines is 1. The minimum atomic E-state index is -0.176. The second-order valence-corrected chi connectivity index (χ2v) is 8.23. The molecule has 6 rings (SSSR count). The Morgan fingerprint density at radius 1 is 1.11 bits per heavy atom. The van der Waals surface area contributed by atoms with Crippen molar-refractivity contribution in [3.05, 3.63) is 82.9 Å². The molecule has 0 saturated carbocycles. The third kappa shape index (κ3) is 3.80. The van der Waals surface area contributed by atoms with Gasteiger partial charge in [-0.05, 0) is 22.6 Å². The van der Waals surface area contributed by atoms with Crippen LogP contribution in [0.5, 0.6) is 0 Å². The number of nitriles is 1. The summed E-state index contributed by atoms with van der Waals surface area (Å²) in [5.74, 6) is 0.818. The summed E-state index contributed by atoms with van der Waals surface area (Å²) in [6.07, 6.45) is 6.33. The number of pyridine rings is 1. The van der Waals surface area contributed by atoms with Gasteiger partial charge < -0.3 is 10.3 Å². The van der Waals surface area contributed by atoms with Crippen molar-refractivity contribution in [1.82, 2.24) is 54.3 Å². The van der Waals surface area contributed by atoms with Crippen LogP contribution in [0.15, 0.2) is 66.0 Å². The Morgan fingerprint density at radius 3 is 2.76 bits per heavy atom. The summed E-state index contributed by atoms with van der Waals surface area (Å²) in [5, 5.41) is 26.2. The normalized spacial score (nSPS) is 11.1. The van der Waals surface area contributed by atoms with Gasteiger partial charge >= 0.3 is 0 Å². The molecule has 0 radical (unpaired) electrons. The second kappa shape index (κ2) is 8.99. The fourth-order valence-corrected chi connectivity index (χ4v) is 4.10. The van der Waals surface area contributed by atoms with E-state index in [-0.39, 0.29) is 18.1 Å². The number of aryl methyl sites for hydroxylation is 1. The first-order chi connectivity index (χ1) is 18.5. The zero-order valence-corrected chi connectivity index (χ0v) is 19.8. The van der Waals surface area contributed by atoms with Gasteiger partial charge in [0.05, 0.1) is 29.1 Å². The van der Waals surface area contributed by atoms with E-state index in [1.54, 1.807) is 56.1 Å². The highest BCUT2D eigenvalue weighted by Gasteiger charge is 2.23. The van der Waals surface area contributed by atoms with E-state index in [1.807, 2.05) is 6.07 Å². The molecular weight excluding hydrogens is 486 g/mol. The zero-order valence-electron chi connectivity index (χ0n) is 19.8. The maximum Gasteiger partial charge on any atom is 0.250 e. The van der Waals surface area contributed by atoms with Crippen LogP contribution in [-0.4, -0.2) is 54.3 Å². The third-order valence-corrected chi connectivity index (χ3v) is 5.85. The van der Waals surface area contributed by atoms with Gasteiger partial charge in [-0.2, -0.15) is 9.78 Å². The number of fused-ring (bicyclic) bond motifs is 1. The molecule has 0 bridgehead atoms. The molecule has 0 saturated heterocycles. The van der Waals surface area contributed by atoms with Crippen molar-refractivity contribution in [2.75, 3.05) is 5.73 Å². The summed E-state index contributed by atoms with van der Waals surface area (Å²) >= 11 is 0. The van der Waals surface area contributed by atoms with Crippen molar-refractivity contribution in [1.29, 1.82) is 5.26 Å². The van der Waals surface area contributed by atoms with Crippen molar-refractivity contribution < 1.29 is 0 Å². The predicted octanol–water partition coefficient (Wildman–Crippen LogP) is 1.10. The highest BCUT2D eigenvalue weighted by Crippen LogP contribution is 2.35. The molecule has 184 valence electrons. The van der Waals surface area contributed by atoms with Crippen LogP contribution in [-0.2, 0) is 13.6 Å². The van der Waals surface area contributed by atoms with Gasteiger partial charge in [0, 0.05) is 42.8 Å². The molecule has 1 aromatic carbocycles. The Hall–Kier alpha value is -5.84. The van der Waals surface area contributed by atoms with E-state index in [0.717, 1.165) is 0 Å². The SMILES string of the molecule is Cn1cc(-c2c(-c3ccccc3C#N)nc(N)n3nc(Cn4nnnc4-c4cnccn4)nc23)ccc1=O. The monoisotopic (exact) mass is 503 g/mol. The van der Waals surface area contributed by atoms with Crippen molar-refractivity contribution in [3.8, 4) is 40.0 Å². The molecule has 38 heavy (non-hydrogen) atoms. The number of hydrogen-bond acceptors (Lipinski definition) is 11. The smallest absolute Gasteiger partial charge is 0.250 e. The minimum absolute atomic E-state index is 0.0703. The van der Waals surface area contributed by atoms with Crippen LogP contribution in [0.1, 0.15) is 11.4 Å². The quantitative estimate of drug-likeness (QED) is 0.355. The Bertz CT molecular complexity index is 1910. The number of nitrogens with zero attached hydrogens (tertiary/aromatic N) is 12. The van der Waals surface area contributed by atoms with Crippen LogP contribution < -0.4 is 11.3 Å². The first-order valence-electron chi connectivity index (χ1n) is 11.3. The topological polar surface area (TPSA) is 184 Å². The maximum atomic E-state index is 12.1. The average molecular weight is 503 g/mol. The number of hydrogen-bond donors (Lipinski definition) is 1. The molecule has 0 spiro atoms. The fourth-order valence-electron chi connectivity index (χ4n) is 4.10. The number of benzene rings is 1. The van der Waals surface area contributed by atoms with Crippen molar-refractivity contribution in [3.63, 3.8) is 0 Å². The van der Waals surface area contributed by atoms with Gasteiger partial charge in [0.2, 0.25) is 17.3 Å². The molecular formula is C24H17N13O. The molecule has 2 N–H and O–H groups in total. The lowest BCUT2D eigenvalue weighted by atomic mass is 9.98. The summed E-state index contributed by atoms with van der Waals surface area (Å²) in [7, 11) is 1.65. The molecule has 0 aliphatic heterocycles. The van der Waals surface area contributed by atoms with E-state index >= 15 is 0 Å². The van der Waals surface area contributed by atoms with Gasteiger partial charge in [-0.25, -0.2) is 19.6 Å². The summed E-state index contributed by atoms with van der Waals surface area (Å²) in [6, 6.07) is 12.4. The standard InChI is InChI=1S/C24H17N13O/c1-35-12-15(6-7-19(35)38)20-21(16-5-3-2-4-14(16)10-25)30-24(26)37-23(20)29-18(32-37)13-36-22(31-33-34-36)17-11-27-8-9-28-17/h2-9,11-12H,13H2,1H3,(H2,26,30). The molecule has 0 unspecified atom stereocenters.